The van der Waals surface area contributed by atoms with Crippen molar-refractivity contribution >= 4 is 12.6 Å². The number of rotatable bonds is 2. The molecule has 0 heterocycles. The minimum atomic E-state index is -1.62. The van der Waals surface area contributed by atoms with Crippen molar-refractivity contribution in [2.45, 2.75) is 52.1 Å². The molecule has 0 aromatic carbocycles. The molecule has 0 aromatic heterocycles. The predicted octanol–water partition coefficient (Wildman–Crippen LogP) is 2.28. The van der Waals surface area contributed by atoms with Gasteiger partial charge in [0.15, 0.2) is 11.9 Å². The Hall–Kier alpha value is -0.960. The molecule has 0 radical (unpaired) electrons. The van der Waals surface area contributed by atoms with Crippen LogP contribution in [0.2, 0.25) is 0 Å². The Morgan fingerprint density at radius 3 is 2.50 bits per heavy atom. The lowest BCUT2D eigenvalue weighted by Crippen LogP contribution is -2.60. The standard InChI is InChI=1S/C15H22O3/c1-13(2)7-4-8-14(3)12(13)6-5-11(9-16)15(14,18)10-17/h5,9-10,12,18H,4,6-8H2,1-3H3/t12-,14-,15+/m0/s1. The van der Waals surface area contributed by atoms with E-state index in [1.165, 1.54) is 0 Å². The molecule has 0 unspecified atom stereocenters. The molecule has 100 valence electrons. The van der Waals surface area contributed by atoms with Crippen LogP contribution in [0.4, 0.5) is 0 Å². The summed E-state index contributed by atoms with van der Waals surface area (Å²) >= 11 is 0. The van der Waals surface area contributed by atoms with Crippen LogP contribution in [0.5, 0.6) is 0 Å². The van der Waals surface area contributed by atoms with Crippen LogP contribution in [0.15, 0.2) is 11.6 Å². The molecule has 3 atom stereocenters. The van der Waals surface area contributed by atoms with Crippen molar-refractivity contribution in [1.29, 1.82) is 0 Å². The summed E-state index contributed by atoms with van der Waals surface area (Å²) in [6, 6.07) is 0. The van der Waals surface area contributed by atoms with E-state index in [0.29, 0.717) is 12.6 Å². The third-order valence-electron chi connectivity index (χ3n) is 5.41. The first-order valence-electron chi connectivity index (χ1n) is 6.66. The Balaban J connectivity index is 2.57. The molecule has 0 aliphatic heterocycles. The molecule has 2 rings (SSSR count). The fraction of sp³-hybridized carbons (Fsp3) is 0.733. The normalized spacial score (nSPS) is 42.7. The lowest BCUT2D eigenvalue weighted by Gasteiger charge is -2.58. The van der Waals surface area contributed by atoms with Crippen molar-refractivity contribution in [3.8, 4) is 0 Å². The predicted molar refractivity (Wildman–Crippen MR) is 69.0 cm³/mol. The molecule has 1 N–H and O–H groups in total. The van der Waals surface area contributed by atoms with Gasteiger partial charge in [0.2, 0.25) is 0 Å². The van der Waals surface area contributed by atoms with Gasteiger partial charge >= 0.3 is 0 Å². The quantitative estimate of drug-likeness (QED) is 0.765. The highest BCUT2D eigenvalue weighted by Gasteiger charge is 2.60. The van der Waals surface area contributed by atoms with Crippen LogP contribution in [-0.4, -0.2) is 23.3 Å². The molecule has 1 saturated carbocycles. The van der Waals surface area contributed by atoms with Crippen molar-refractivity contribution in [3.05, 3.63) is 11.6 Å². The highest BCUT2D eigenvalue weighted by molar-refractivity contribution is 5.88. The molecule has 0 saturated heterocycles. The van der Waals surface area contributed by atoms with Gasteiger partial charge in [0.05, 0.1) is 0 Å². The summed E-state index contributed by atoms with van der Waals surface area (Å²) in [6.45, 7) is 6.35. The molecule has 0 aromatic rings. The number of carbonyl (C=O) groups excluding carboxylic acids is 2. The minimum absolute atomic E-state index is 0.0922. The molecule has 2 aliphatic carbocycles. The van der Waals surface area contributed by atoms with Gasteiger partial charge in [-0.2, -0.15) is 0 Å². The van der Waals surface area contributed by atoms with Gasteiger partial charge in [-0.3, -0.25) is 9.59 Å². The number of hydrogen-bond donors (Lipinski definition) is 1. The number of carbonyl (C=O) groups is 2. The van der Waals surface area contributed by atoms with Gasteiger partial charge in [-0.05, 0) is 30.6 Å². The van der Waals surface area contributed by atoms with Crippen molar-refractivity contribution in [1.82, 2.24) is 0 Å². The van der Waals surface area contributed by atoms with E-state index in [1.54, 1.807) is 6.08 Å². The summed E-state index contributed by atoms with van der Waals surface area (Å²) < 4.78 is 0. The fourth-order valence-electron chi connectivity index (χ4n) is 4.23. The van der Waals surface area contributed by atoms with Crippen LogP contribution < -0.4 is 0 Å². The summed E-state index contributed by atoms with van der Waals surface area (Å²) in [4.78, 5) is 22.6. The number of aliphatic hydroxyl groups is 1. The lowest BCUT2D eigenvalue weighted by molar-refractivity contribution is -0.158. The summed E-state index contributed by atoms with van der Waals surface area (Å²) in [5.41, 5.74) is -1.81. The van der Waals surface area contributed by atoms with Gasteiger partial charge in [-0.1, -0.05) is 33.3 Å². The molecule has 0 bridgehead atoms. The van der Waals surface area contributed by atoms with Gasteiger partial charge in [-0.15, -0.1) is 0 Å². The molecular weight excluding hydrogens is 228 g/mol. The zero-order chi connectivity index (χ0) is 13.6. The third-order valence-corrected chi connectivity index (χ3v) is 5.41. The van der Waals surface area contributed by atoms with E-state index in [4.69, 9.17) is 0 Å². The summed E-state index contributed by atoms with van der Waals surface area (Å²) in [5.74, 6) is 0.234. The van der Waals surface area contributed by atoms with E-state index < -0.39 is 11.0 Å². The van der Waals surface area contributed by atoms with Crippen LogP contribution >= 0.6 is 0 Å². The van der Waals surface area contributed by atoms with Gasteiger partial charge < -0.3 is 5.11 Å². The maximum atomic E-state index is 11.5. The minimum Gasteiger partial charge on any atom is -0.377 e. The van der Waals surface area contributed by atoms with Crippen molar-refractivity contribution < 1.29 is 14.7 Å². The molecule has 0 amide bonds. The Labute approximate surface area is 108 Å². The number of fused-ring (bicyclic) bond motifs is 1. The monoisotopic (exact) mass is 250 g/mol. The average Bonchev–Trinajstić information content (AvgIpc) is 2.31. The maximum Gasteiger partial charge on any atom is 0.156 e. The first-order valence-corrected chi connectivity index (χ1v) is 6.66. The first-order chi connectivity index (χ1) is 8.32. The number of allylic oxidation sites excluding steroid dienone is 1. The zero-order valence-electron chi connectivity index (χ0n) is 11.4. The van der Waals surface area contributed by atoms with Crippen LogP contribution in [0.25, 0.3) is 0 Å². The van der Waals surface area contributed by atoms with E-state index in [9.17, 15) is 14.7 Å². The molecule has 18 heavy (non-hydrogen) atoms. The van der Waals surface area contributed by atoms with Gasteiger partial charge in [-0.25, -0.2) is 0 Å². The summed E-state index contributed by atoms with van der Waals surface area (Å²) in [7, 11) is 0. The number of aldehydes is 2. The molecule has 3 nitrogen and oxygen atoms in total. The Morgan fingerprint density at radius 2 is 1.94 bits per heavy atom. The SMILES string of the molecule is CC1(C)CCC[C@@]2(C)[C@H]1CC=C(C=O)[C@]2(O)C=O. The Morgan fingerprint density at radius 1 is 1.28 bits per heavy atom. The van der Waals surface area contributed by atoms with Gasteiger partial charge in [0.1, 0.15) is 6.29 Å². The van der Waals surface area contributed by atoms with Crippen molar-refractivity contribution in [2.75, 3.05) is 0 Å². The number of hydrogen-bond acceptors (Lipinski definition) is 3. The Bertz CT molecular complexity index is 410. The fourth-order valence-corrected chi connectivity index (χ4v) is 4.23. The van der Waals surface area contributed by atoms with Gasteiger partial charge in [0.25, 0.3) is 0 Å². The molecule has 3 heteroatoms. The molecule has 0 spiro atoms. The second-order valence-electron chi connectivity index (χ2n) is 6.71. The molecule has 1 fully saturated rings. The van der Waals surface area contributed by atoms with Crippen LogP contribution in [0.1, 0.15) is 46.5 Å². The van der Waals surface area contributed by atoms with Crippen LogP contribution in [-0.2, 0) is 9.59 Å². The van der Waals surface area contributed by atoms with Crippen LogP contribution in [0.3, 0.4) is 0 Å². The second-order valence-corrected chi connectivity index (χ2v) is 6.71. The zero-order valence-corrected chi connectivity index (χ0v) is 11.4. The molecular formula is C15H22O3. The van der Waals surface area contributed by atoms with Crippen molar-refractivity contribution in [3.63, 3.8) is 0 Å². The maximum absolute atomic E-state index is 11.5. The topological polar surface area (TPSA) is 54.4 Å². The first kappa shape index (κ1) is 13.5. The Kier molecular flexibility index (Phi) is 3.01. The third kappa shape index (κ3) is 1.53. The summed E-state index contributed by atoms with van der Waals surface area (Å²) in [6.07, 6.45) is 6.61. The highest BCUT2D eigenvalue weighted by Crippen LogP contribution is 2.60. The summed E-state index contributed by atoms with van der Waals surface area (Å²) in [5, 5.41) is 10.8. The highest BCUT2D eigenvalue weighted by atomic mass is 16.3. The molecule has 2 aliphatic rings. The van der Waals surface area contributed by atoms with Crippen molar-refractivity contribution in [2.24, 2.45) is 16.7 Å². The van der Waals surface area contributed by atoms with E-state index in [0.717, 1.165) is 25.7 Å². The van der Waals surface area contributed by atoms with E-state index in [-0.39, 0.29) is 16.9 Å². The second kappa shape index (κ2) is 4.02. The van der Waals surface area contributed by atoms with Gasteiger partial charge in [0, 0.05) is 11.0 Å². The largest absolute Gasteiger partial charge is 0.377 e. The smallest absolute Gasteiger partial charge is 0.156 e. The average molecular weight is 250 g/mol. The van der Waals surface area contributed by atoms with E-state index in [1.807, 2.05) is 6.92 Å². The van der Waals surface area contributed by atoms with E-state index in [2.05, 4.69) is 13.8 Å². The van der Waals surface area contributed by atoms with E-state index >= 15 is 0 Å². The lowest BCUT2D eigenvalue weighted by atomic mass is 9.47. The van der Waals surface area contributed by atoms with Crippen LogP contribution in [0, 0.1) is 16.7 Å².